The summed E-state index contributed by atoms with van der Waals surface area (Å²) in [6.45, 7) is 1.69. The van der Waals surface area contributed by atoms with Crippen LogP contribution in [-0.2, 0) is 4.57 Å². The van der Waals surface area contributed by atoms with Crippen LogP contribution in [0.4, 0.5) is 0 Å². The largest absolute Gasteiger partial charge is 0.327 e. The van der Waals surface area contributed by atoms with E-state index in [1.54, 1.807) is 0 Å². The first-order valence-corrected chi connectivity index (χ1v) is 4.37. The maximum Gasteiger partial charge on any atom is 0.0788 e. The van der Waals surface area contributed by atoms with Crippen molar-refractivity contribution in [3.63, 3.8) is 0 Å². The van der Waals surface area contributed by atoms with Gasteiger partial charge in [0.15, 0.2) is 0 Å². The van der Waals surface area contributed by atoms with E-state index in [4.69, 9.17) is 0 Å². The normalized spacial score (nSPS) is 25.1. The van der Waals surface area contributed by atoms with Gasteiger partial charge in [0.05, 0.1) is 7.80 Å². The maximum atomic E-state index is 10.6. The van der Waals surface area contributed by atoms with Crippen molar-refractivity contribution in [3.8, 4) is 0 Å². The second-order valence-corrected chi connectivity index (χ2v) is 3.79. The number of nitrogens with zero attached hydrogens (tertiary/aromatic N) is 1. The van der Waals surface area contributed by atoms with Gasteiger partial charge in [0.2, 0.25) is 0 Å². The lowest BCUT2D eigenvalue weighted by Crippen LogP contribution is -2.18. The molecule has 0 N–H and O–H groups in total. The average Bonchev–Trinajstić information content (AvgIpc) is 1.69. The van der Waals surface area contributed by atoms with Gasteiger partial charge in [-0.05, 0) is 0 Å². The predicted octanol–water partition coefficient (Wildman–Crippen LogP) is 0.164. The fourth-order valence-electron chi connectivity index (χ4n) is 0.644. The molecule has 0 atom stereocenters. The topological polar surface area (TPSA) is 31.2 Å². The molecule has 0 bridgehead atoms. The average molecular weight is 118 g/mol. The summed E-state index contributed by atoms with van der Waals surface area (Å²) in [5, 5.41) is 4.05. The fraction of sp³-hybridized carbons (Fsp3) is 1.00. The minimum atomic E-state index is -1.14. The molecule has 1 radical (unpaired) electrons. The zero-order chi connectivity index (χ0) is 5.11. The quantitative estimate of drug-likeness (QED) is 0.417. The van der Waals surface area contributed by atoms with Crippen LogP contribution in [-0.4, -0.2) is 25.4 Å². The Bertz CT molecular complexity index is 75.8. The molecular formula is C4H9NOP. The van der Waals surface area contributed by atoms with E-state index >= 15 is 0 Å². The van der Waals surface area contributed by atoms with Crippen molar-refractivity contribution in [2.75, 3.05) is 25.4 Å². The van der Waals surface area contributed by atoms with Crippen LogP contribution in [0.15, 0.2) is 0 Å². The third-order valence-corrected chi connectivity index (χ3v) is 2.66. The van der Waals surface area contributed by atoms with Gasteiger partial charge in [-0.3, -0.25) is 0 Å². The smallest absolute Gasteiger partial charge is 0.0788 e. The van der Waals surface area contributed by atoms with E-state index in [0.29, 0.717) is 0 Å². The number of hydrogen-bond donors (Lipinski definition) is 0. The van der Waals surface area contributed by atoms with Crippen LogP contribution in [0.25, 0.3) is 0 Å². The van der Waals surface area contributed by atoms with Gasteiger partial charge >= 0.3 is 0 Å². The van der Waals surface area contributed by atoms with Crippen molar-refractivity contribution < 1.29 is 4.57 Å². The van der Waals surface area contributed by atoms with Gasteiger partial charge in [0, 0.05) is 25.4 Å². The molecule has 1 heterocycles. The van der Waals surface area contributed by atoms with Crippen molar-refractivity contribution in [1.82, 2.24) is 5.32 Å². The SMILES string of the molecule is O=[PH]1CC[N]CC1. The Balaban J connectivity index is 2.25. The molecule has 0 spiro atoms. The van der Waals surface area contributed by atoms with Crippen molar-refractivity contribution >= 4 is 7.80 Å². The Morgan fingerprint density at radius 2 is 1.86 bits per heavy atom. The highest BCUT2D eigenvalue weighted by Crippen LogP contribution is 2.20. The van der Waals surface area contributed by atoms with Crippen LogP contribution in [0.2, 0.25) is 0 Å². The van der Waals surface area contributed by atoms with Crippen LogP contribution in [0.5, 0.6) is 0 Å². The Hall–Kier alpha value is 0.190. The van der Waals surface area contributed by atoms with Gasteiger partial charge in [-0.1, -0.05) is 0 Å². The molecule has 0 aliphatic carbocycles. The zero-order valence-electron chi connectivity index (χ0n) is 4.18. The third-order valence-electron chi connectivity index (χ3n) is 1.10. The first-order valence-electron chi connectivity index (χ1n) is 2.54. The second kappa shape index (κ2) is 2.49. The highest BCUT2D eigenvalue weighted by Gasteiger charge is 2.04. The second-order valence-electron chi connectivity index (χ2n) is 1.71. The molecule has 0 aromatic rings. The third kappa shape index (κ3) is 1.62. The van der Waals surface area contributed by atoms with E-state index in [-0.39, 0.29) is 0 Å². The van der Waals surface area contributed by atoms with E-state index in [2.05, 4.69) is 5.32 Å². The minimum absolute atomic E-state index is 0.845. The maximum absolute atomic E-state index is 10.6. The van der Waals surface area contributed by atoms with Crippen LogP contribution in [0, 0.1) is 0 Å². The summed E-state index contributed by atoms with van der Waals surface area (Å²) >= 11 is 0. The number of rotatable bonds is 0. The summed E-state index contributed by atoms with van der Waals surface area (Å²) in [5.41, 5.74) is 0. The summed E-state index contributed by atoms with van der Waals surface area (Å²) in [6.07, 6.45) is 1.73. The summed E-state index contributed by atoms with van der Waals surface area (Å²) in [6, 6.07) is 0. The molecule has 1 rings (SSSR count). The van der Waals surface area contributed by atoms with Gasteiger partial charge in [-0.25, -0.2) is 5.32 Å². The van der Waals surface area contributed by atoms with Gasteiger partial charge in [0.25, 0.3) is 0 Å². The van der Waals surface area contributed by atoms with Crippen LogP contribution in [0.1, 0.15) is 0 Å². The standard InChI is InChI=1S/C4H9NOP/c6-7-3-1-5-2-4-7/h7H,1-4H2. The molecule has 7 heavy (non-hydrogen) atoms. The fourth-order valence-corrected chi connectivity index (χ4v) is 1.71. The van der Waals surface area contributed by atoms with E-state index in [9.17, 15) is 4.57 Å². The summed E-state index contributed by atoms with van der Waals surface area (Å²) in [4.78, 5) is 0. The lowest BCUT2D eigenvalue weighted by molar-refractivity contribution is 0.575. The van der Waals surface area contributed by atoms with Gasteiger partial charge in [-0.2, -0.15) is 0 Å². The highest BCUT2D eigenvalue weighted by molar-refractivity contribution is 7.44. The monoisotopic (exact) mass is 118 g/mol. The van der Waals surface area contributed by atoms with Crippen LogP contribution in [0.3, 0.4) is 0 Å². The Labute approximate surface area is 44.1 Å². The van der Waals surface area contributed by atoms with Crippen molar-refractivity contribution in [3.05, 3.63) is 0 Å². The molecule has 1 aliphatic rings. The molecule has 0 saturated carbocycles. The van der Waals surface area contributed by atoms with Gasteiger partial charge in [0.1, 0.15) is 0 Å². The van der Waals surface area contributed by atoms with Crippen molar-refractivity contribution in [2.24, 2.45) is 0 Å². The summed E-state index contributed by atoms with van der Waals surface area (Å²) in [5.74, 6) is 0. The summed E-state index contributed by atoms with van der Waals surface area (Å²) in [7, 11) is -1.14. The molecule has 0 aromatic carbocycles. The lowest BCUT2D eigenvalue weighted by Gasteiger charge is -2.07. The van der Waals surface area contributed by atoms with Gasteiger partial charge < -0.3 is 4.57 Å². The van der Waals surface area contributed by atoms with Crippen LogP contribution < -0.4 is 5.32 Å². The van der Waals surface area contributed by atoms with Crippen molar-refractivity contribution in [1.29, 1.82) is 0 Å². The Kier molecular flexibility index (Phi) is 1.89. The Morgan fingerprint density at radius 1 is 1.29 bits per heavy atom. The summed E-state index contributed by atoms with van der Waals surface area (Å²) < 4.78 is 10.6. The highest BCUT2D eigenvalue weighted by atomic mass is 31.1. The number of hydrogen-bond acceptors (Lipinski definition) is 1. The molecule has 0 aromatic heterocycles. The minimum Gasteiger partial charge on any atom is -0.327 e. The lowest BCUT2D eigenvalue weighted by atomic mass is 10.6. The van der Waals surface area contributed by atoms with E-state index in [1.165, 1.54) is 0 Å². The van der Waals surface area contributed by atoms with E-state index in [0.717, 1.165) is 25.4 Å². The molecule has 1 saturated heterocycles. The molecule has 1 fully saturated rings. The van der Waals surface area contributed by atoms with Gasteiger partial charge in [-0.15, -0.1) is 0 Å². The van der Waals surface area contributed by atoms with E-state index < -0.39 is 7.80 Å². The molecule has 2 nitrogen and oxygen atoms in total. The predicted molar refractivity (Wildman–Crippen MR) is 30.6 cm³/mol. The van der Waals surface area contributed by atoms with E-state index in [1.807, 2.05) is 0 Å². The molecule has 3 heteroatoms. The molecular weight excluding hydrogens is 109 g/mol. The molecule has 41 valence electrons. The van der Waals surface area contributed by atoms with Crippen molar-refractivity contribution in [2.45, 2.75) is 0 Å². The molecule has 0 unspecified atom stereocenters. The zero-order valence-corrected chi connectivity index (χ0v) is 5.18. The molecule has 0 amide bonds. The Morgan fingerprint density at radius 3 is 2.14 bits per heavy atom. The van der Waals surface area contributed by atoms with Crippen LogP contribution >= 0.6 is 7.80 Å². The first-order chi connectivity index (χ1) is 3.39. The molecule has 1 aliphatic heterocycles. The first kappa shape index (κ1) is 5.33.